The second kappa shape index (κ2) is 8.39. The first-order chi connectivity index (χ1) is 15.8. The maximum Gasteiger partial charge on any atom is 0.105 e. The molecule has 3 unspecified atom stereocenters. The third-order valence-corrected chi connectivity index (χ3v) is 10.8. The lowest BCUT2D eigenvalue weighted by Gasteiger charge is -2.64. The average Bonchev–Trinajstić information content (AvgIpc) is 3.42. The smallest absolute Gasteiger partial charge is 0.105 e. The summed E-state index contributed by atoms with van der Waals surface area (Å²) in [6, 6.07) is 2.04. The average molecular weight is 455 g/mol. The van der Waals surface area contributed by atoms with Crippen molar-refractivity contribution in [1.29, 1.82) is 0 Å². The van der Waals surface area contributed by atoms with Crippen LogP contribution in [0.2, 0.25) is 0 Å². The van der Waals surface area contributed by atoms with E-state index in [1.807, 2.05) is 24.5 Å². The molecule has 182 valence electrons. The van der Waals surface area contributed by atoms with Crippen molar-refractivity contribution in [1.82, 2.24) is 0 Å². The number of aliphatic hydroxyl groups is 1. The van der Waals surface area contributed by atoms with Gasteiger partial charge >= 0.3 is 0 Å². The normalized spacial score (nSPS) is 46.8. The van der Waals surface area contributed by atoms with Crippen molar-refractivity contribution in [3.8, 4) is 0 Å². The van der Waals surface area contributed by atoms with Gasteiger partial charge in [-0.3, -0.25) is 0 Å². The largest absolute Gasteiger partial charge is 0.472 e. The molecule has 4 heteroatoms. The monoisotopic (exact) mass is 454 g/mol. The van der Waals surface area contributed by atoms with Crippen molar-refractivity contribution < 1.29 is 19.0 Å². The van der Waals surface area contributed by atoms with Crippen LogP contribution < -0.4 is 0 Å². The molecule has 0 aliphatic heterocycles. The quantitative estimate of drug-likeness (QED) is 0.484. The molecular weight excluding hydrogens is 412 g/mol. The third-order valence-electron chi connectivity index (χ3n) is 10.8. The predicted octanol–water partition coefficient (Wildman–Crippen LogP) is 6.41. The van der Waals surface area contributed by atoms with E-state index in [0.29, 0.717) is 37.1 Å². The lowest BCUT2D eigenvalue weighted by molar-refractivity contribution is -0.247. The minimum Gasteiger partial charge on any atom is -0.472 e. The minimum absolute atomic E-state index is 0.289. The van der Waals surface area contributed by atoms with E-state index in [1.165, 1.54) is 12.8 Å². The summed E-state index contributed by atoms with van der Waals surface area (Å²) < 4.78 is 18.2. The highest BCUT2D eigenvalue weighted by Crippen LogP contribution is 2.72. The Hall–Kier alpha value is -1.36. The Labute approximate surface area is 199 Å². The van der Waals surface area contributed by atoms with Crippen LogP contribution in [-0.4, -0.2) is 30.0 Å². The SMILES string of the molecule is C=CCOC1CC[C@@]2(C)C(CC[C@@H]3[C@H]2CC[C@]2(C)C(OCC=C)(c4ccoc4)CC[C@@]32O)C1. The summed E-state index contributed by atoms with van der Waals surface area (Å²) >= 11 is 0. The van der Waals surface area contributed by atoms with E-state index in [2.05, 4.69) is 27.0 Å². The molecule has 4 aliphatic rings. The van der Waals surface area contributed by atoms with Gasteiger partial charge in [0.05, 0.1) is 37.4 Å². The highest BCUT2D eigenvalue weighted by Gasteiger charge is 2.73. The van der Waals surface area contributed by atoms with Crippen LogP contribution in [0.4, 0.5) is 0 Å². The van der Waals surface area contributed by atoms with Gasteiger partial charge in [0.25, 0.3) is 0 Å². The fourth-order valence-electron chi connectivity index (χ4n) is 9.01. The number of rotatable bonds is 7. The predicted molar refractivity (Wildman–Crippen MR) is 130 cm³/mol. The van der Waals surface area contributed by atoms with Crippen molar-refractivity contribution in [3.05, 3.63) is 49.5 Å². The van der Waals surface area contributed by atoms with Crippen molar-refractivity contribution >= 4 is 0 Å². The summed E-state index contributed by atoms with van der Waals surface area (Å²) in [4.78, 5) is 0. The molecule has 4 aliphatic carbocycles. The minimum atomic E-state index is -0.724. The van der Waals surface area contributed by atoms with E-state index in [4.69, 9.17) is 13.9 Å². The molecule has 0 spiro atoms. The Morgan fingerprint density at radius 2 is 1.85 bits per heavy atom. The van der Waals surface area contributed by atoms with Crippen molar-refractivity contribution in [2.45, 2.75) is 88.9 Å². The van der Waals surface area contributed by atoms with Crippen LogP contribution in [0.3, 0.4) is 0 Å². The fraction of sp³-hybridized carbons (Fsp3) is 0.724. The Bertz CT molecular complexity index is 863. The van der Waals surface area contributed by atoms with Gasteiger partial charge in [-0.25, -0.2) is 0 Å². The molecule has 1 heterocycles. The van der Waals surface area contributed by atoms with Crippen LogP contribution in [0.25, 0.3) is 0 Å². The van der Waals surface area contributed by atoms with Gasteiger partial charge in [0.2, 0.25) is 0 Å². The van der Waals surface area contributed by atoms with Crippen LogP contribution in [0.15, 0.2) is 48.3 Å². The fourth-order valence-corrected chi connectivity index (χ4v) is 9.01. The van der Waals surface area contributed by atoms with Gasteiger partial charge < -0.3 is 19.0 Å². The van der Waals surface area contributed by atoms with E-state index in [1.54, 1.807) is 6.26 Å². The first kappa shape index (κ1) is 23.4. The Morgan fingerprint density at radius 3 is 2.58 bits per heavy atom. The zero-order valence-electron chi connectivity index (χ0n) is 20.6. The standard InChI is InChI=1S/C29H42O4/c1-5-16-32-23-9-12-26(3)21(19-23)7-8-25-24(26)10-13-27(4)28(25,30)14-15-29(27,33-17-6-2)22-11-18-31-20-22/h5-6,11,18,20-21,23-25,30H,1-2,7-10,12-17,19H2,3-4H3/t21?,23?,24-,25-,26+,27+,28-,29?/m1/s1. The molecule has 4 fully saturated rings. The van der Waals surface area contributed by atoms with Gasteiger partial charge in [-0.2, -0.15) is 0 Å². The summed E-state index contributed by atoms with van der Waals surface area (Å²) in [6.07, 6.45) is 17.2. The molecule has 1 aromatic rings. The second-order valence-corrected chi connectivity index (χ2v) is 11.7. The molecule has 4 nitrogen and oxygen atoms in total. The first-order valence-corrected chi connectivity index (χ1v) is 13.1. The van der Waals surface area contributed by atoms with Crippen LogP contribution in [-0.2, 0) is 15.1 Å². The molecule has 0 amide bonds. The van der Waals surface area contributed by atoms with E-state index >= 15 is 0 Å². The molecule has 33 heavy (non-hydrogen) atoms. The lowest BCUT2D eigenvalue weighted by Crippen LogP contribution is -2.65. The number of furan rings is 1. The van der Waals surface area contributed by atoms with Gasteiger partial charge in [-0.1, -0.05) is 26.0 Å². The molecule has 0 bridgehead atoms. The van der Waals surface area contributed by atoms with Gasteiger partial charge in [0.1, 0.15) is 5.60 Å². The number of fused-ring (bicyclic) bond motifs is 5. The maximum absolute atomic E-state index is 12.6. The van der Waals surface area contributed by atoms with Crippen LogP contribution in [0.1, 0.15) is 77.2 Å². The molecule has 4 saturated carbocycles. The highest BCUT2D eigenvalue weighted by atomic mass is 16.5. The van der Waals surface area contributed by atoms with E-state index < -0.39 is 11.2 Å². The van der Waals surface area contributed by atoms with E-state index in [9.17, 15) is 5.11 Å². The topological polar surface area (TPSA) is 51.8 Å². The molecule has 8 atom stereocenters. The van der Waals surface area contributed by atoms with Gasteiger partial charge in [-0.05, 0) is 87.0 Å². The van der Waals surface area contributed by atoms with Crippen LogP contribution in [0.5, 0.6) is 0 Å². The molecule has 5 rings (SSSR count). The maximum atomic E-state index is 12.6. The zero-order valence-corrected chi connectivity index (χ0v) is 20.6. The van der Waals surface area contributed by atoms with Crippen LogP contribution >= 0.6 is 0 Å². The molecule has 0 radical (unpaired) electrons. The molecule has 0 saturated heterocycles. The number of hydrogen-bond acceptors (Lipinski definition) is 4. The number of hydrogen-bond donors (Lipinski definition) is 1. The van der Waals surface area contributed by atoms with Gasteiger partial charge in [-0.15, -0.1) is 13.2 Å². The summed E-state index contributed by atoms with van der Waals surface area (Å²) in [7, 11) is 0. The molecular formula is C29H42O4. The third kappa shape index (κ3) is 3.20. The Kier molecular flexibility index (Phi) is 5.95. The Morgan fingerprint density at radius 1 is 1.03 bits per heavy atom. The first-order valence-electron chi connectivity index (χ1n) is 13.1. The van der Waals surface area contributed by atoms with Gasteiger partial charge in [0.15, 0.2) is 0 Å². The molecule has 0 aromatic carbocycles. The summed E-state index contributed by atoms with van der Waals surface area (Å²) in [5.41, 5.74) is -0.236. The lowest BCUT2D eigenvalue weighted by atomic mass is 9.43. The number of ether oxygens (including phenoxy) is 2. The van der Waals surface area contributed by atoms with E-state index in [-0.39, 0.29) is 10.8 Å². The molecule has 1 aromatic heterocycles. The zero-order chi connectivity index (χ0) is 23.3. The van der Waals surface area contributed by atoms with Crippen molar-refractivity contribution in [2.75, 3.05) is 13.2 Å². The summed E-state index contributed by atoms with van der Waals surface area (Å²) in [6.45, 7) is 13.7. The molecule has 1 N–H and O–H groups in total. The van der Waals surface area contributed by atoms with Crippen LogP contribution in [0, 0.1) is 28.6 Å². The summed E-state index contributed by atoms with van der Waals surface area (Å²) in [5.74, 6) is 1.57. The van der Waals surface area contributed by atoms with Crippen molar-refractivity contribution in [3.63, 3.8) is 0 Å². The summed E-state index contributed by atoms with van der Waals surface area (Å²) in [5, 5.41) is 12.6. The highest BCUT2D eigenvalue weighted by molar-refractivity contribution is 5.31. The van der Waals surface area contributed by atoms with Crippen molar-refractivity contribution in [2.24, 2.45) is 28.6 Å². The van der Waals surface area contributed by atoms with Gasteiger partial charge in [0, 0.05) is 11.0 Å². The van der Waals surface area contributed by atoms with E-state index in [0.717, 1.165) is 50.5 Å². The second-order valence-electron chi connectivity index (χ2n) is 11.7. The Balaban J connectivity index is 1.45.